The predicted molar refractivity (Wildman–Crippen MR) is 90.8 cm³/mol. The van der Waals surface area contributed by atoms with Gasteiger partial charge in [0.25, 0.3) is 0 Å². The lowest BCUT2D eigenvalue weighted by atomic mass is 9.57. The molecule has 1 spiro atoms. The molecule has 0 bridgehead atoms. The Morgan fingerprint density at radius 3 is 2.46 bits per heavy atom. The number of esters is 1. The monoisotopic (exact) mass is 397 g/mol. The molecular formula is C19H22F3N3O3. The molecular weight excluding hydrogens is 375 g/mol. The zero-order chi connectivity index (χ0) is 19.9. The van der Waals surface area contributed by atoms with Crippen molar-refractivity contribution in [3.05, 3.63) is 23.8 Å². The SMILES string of the molecule is O=C1C[C@H](CCC(=O)N2CC3(CC(Cc4ncc(C(F)(F)F)cn4)C3)C2)CO1. The molecule has 1 saturated carbocycles. The number of aromatic nitrogens is 2. The van der Waals surface area contributed by atoms with Crippen LogP contribution in [0.25, 0.3) is 0 Å². The van der Waals surface area contributed by atoms with Gasteiger partial charge >= 0.3 is 12.1 Å². The summed E-state index contributed by atoms with van der Waals surface area (Å²) in [5, 5.41) is 0. The number of cyclic esters (lactones) is 1. The Kier molecular flexibility index (Phi) is 4.79. The second-order valence-electron chi connectivity index (χ2n) is 8.41. The van der Waals surface area contributed by atoms with Crippen molar-refractivity contribution in [2.24, 2.45) is 17.3 Å². The summed E-state index contributed by atoms with van der Waals surface area (Å²) >= 11 is 0. The number of carbonyl (C=O) groups is 2. The van der Waals surface area contributed by atoms with Gasteiger partial charge in [-0.2, -0.15) is 13.2 Å². The molecule has 3 fully saturated rings. The van der Waals surface area contributed by atoms with Crippen molar-refractivity contribution in [3.8, 4) is 0 Å². The Morgan fingerprint density at radius 1 is 1.21 bits per heavy atom. The zero-order valence-electron chi connectivity index (χ0n) is 15.4. The number of likely N-dealkylation sites (tertiary alicyclic amines) is 1. The third-order valence-electron chi connectivity index (χ3n) is 6.05. The number of carbonyl (C=O) groups excluding carboxylic acids is 2. The van der Waals surface area contributed by atoms with Crippen molar-refractivity contribution in [2.75, 3.05) is 19.7 Å². The van der Waals surface area contributed by atoms with Crippen LogP contribution in [0.1, 0.15) is 43.5 Å². The predicted octanol–water partition coefficient (Wildman–Crippen LogP) is 2.62. The molecule has 1 atom stereocenters. The number of halogens is 3. The van der Waals surface area contributed by atoms with Crippen molar-refractivity contribution >= 4 is 11.9 Å². The number of hydrogen-bond acceptors (Lipinski definition) is 5. The molecule has 3 aliphatic rings. The highest BCUT2D eigenvalue weighted by Gasteiger charge is 2.53. The molecule has 1 aromatic rings. The van der Waals surface area contributed by atoms with Gasteiger partial charge in [-0.1, -0.05) is 0 Å². The Hall–Kier alpha value is -2.19. The molecule has 1 aliphatic carbocycles. The fraction of sp³-hybridized carbons (Fsp3) is 0.684. The third kappa shape index (κ3) is 3.98. The maximum Gasteiger partial charge on any atom is 0.419 e. The van der Waals surface area contributed by atoms with E-state index >= 15 is 0 Å². The van der Waals surface area contributed by atoms with E-state index in [1.165, 1.54) is 0 Å². The van der Waals surface area contributed by atoms with Crippen LogP contribution in [0, 0.1) is 17.3 Å². The topological polar surface area (TPSA) is 72.4 Å². The summed E-state index contributed by atoms with van der Waals surface area (Å²) in [6.45, 7) is 1.91. The van der Waals surface area contributed by atoms with Crippen LogP contribution in [0.4, 0.5) is 13.2 Å². The van der Waals surface area contributed by atoms with Gasteiger partial charge in [-0.15, -0.1) is 0 Å². The maximum absolute atomic E-state index is 12.5. The van der Waals surface area contributed by atoms with Crippen LogP contribution < -0.4 is 0 Å². The van der Waals surface area contributed by atoms with E-state index in [0.717, 1.165) is 38.3 Å². The lowest BCUT2D eigenvalue weighted by Crippen LogP contribution is -2.63. The normalized spacial score (nSPS) is 24.0. The second-order valence-corrected chi connectivity index (χ2v) is 8.41. The van der Waals surface area contributed by atoms with Gasteiger partial charge in [0, 0.05) is 49.7 Å². The molecule has 1 amide bonds. The summed E-state index contributed by atoms with van der Waals surface area (Å²) in [6, 6.07) is 0. The van der Waals surface area contributed by atoms with Crippen LogP contribution in [-0.2, 0) is 26.9 Å². The summed E-state index contributed by atoms with van der Waals surface area (Å²) in [6.07, 6.45) is 1.27. The quantitative estimate of drug-likeness (QED) is 0.715. The molecule has 6 nitrogen and oxygen atoms in total. The van der Waals surface area contributed by atoms with Crippen molar-refractivity contribution in [2.45, 2.75) is 44.7 Å². The van der Waals surface area contributed by atoms with Gasteiger partial charge in [0.1, 0.15) is 5.82 Å². The summed E-state index contributed by atoms with van der Waals surface area (Å²) in [7, 11) is 0. The minimum Gasteiger partial charge on any atom is -0.465 e. The molecule has 4 rings (SSSR count). The molecule has 9 heteroatoms. The van der Waals surface area contributed by atoms with Gasteiger partial charge in [0.2, 0.25) is 5.91 Å². The van der Waals surface area contributed by atoms with E-state index < -0.39 is 11.7 Å². The number of nitrogens with zero attached hydrogens (tertiary/aromatic N) is 3. The zero-order valence-corrected chi connectivity index (χ0v) is 15.4. The van der Waals surface area contributed by atoms with Crippen molar-refractivity contribution in [1.29, 1.82) is 0 Å². The Labute approximate surface area is 160 Å². The van der Waals surface area contributed by atoms with E-state index in [9.17, 15) is 22.8 Å². The molecule has 0 N–H and O–H groups in total. The van der Waals surface area contributed by atoms with Crippen molar-refractivity contribution in [3.63, 3.8) is 0 Å². The number of alkyl halides is 3. The number of rotatable bonds is 5. The highest BCUT2D eigenvalue weighted by Crippen LogP contribution is 2.52. The molecule has 2 aliphatic heterocycles. The minimum absolute atomic E-state index is 0.125. The Morgan fingerprint density at radius 2 is 1.89 bits per heavy atom. The minimum atomic E-state index is -4.42. The largest absolute Gasteiger partial charge is 0.465 e. The molecule has 0 unspecified atom stereocenters. The Balaban J connectivity index is 1.17. The Bertz CT molecular complexity index is 752. The van der Waals surface area contributed by atoms with E-state index in [4.69, 9.17) is 4.74 Å². The average molecular weight is 397 g/mol. The summed E-state index contributed by atoms with van der Waals surface area (Å²) in [5.41, 5.74) is -0.665. The standard InChI is InChI=1S/C19H22F3N3O3/c20-19(21,22)14-7-23-15(24-8-14)3-13-5-18(6-13)10-25(11-18)16(26)2-1-12-4-17(27)28-9-12/h7-8,12-13H,1-6,9-11H2/t12-/m0/s1. The van der Waals surface area contributed by atoms with Crippen LogP contribution in [0.2, 0.25) is 0 Å². The van der Waals surface area contributed by atoms with E-state index in [0.29, 0.717) is 44.0 Å². The highest BCUT2D eigenvalue weighted by molar-refractivity contribution is 5.77. The smallest absolute Gasteiger partial charge is 0.419 e. The van der Waals surface area contributed by atoms with Crippen LogP contribution in [0.3, 0.4) is 0 Å². The second kappa shape index (κ2) is 7.00. The van der Waals surface area contributed by atoms with Gasteiger partial charge in [-0.3, -0.25) is 9.59 Å². The number of ether oxygens (including phenoxy) is 1. The van der Waals surface area contributed by atoms with Gasteiger partial charge in [0.05, 0.1) is 18.6 Å². The molecule has 0 radical (unpaired) electrons. The van der Waals surface area contributed by atoms with E-state index in [1.54, 1.807) is 0 Å². The highest BCUT2D eigenvalue weighted by atomic mass is 19.4. The first-order chi connectivity index (χ1) is 13.2. The van der Waals surface area contributed by atoms with Crippen molar-refractivity contribution < 1.29 is 27.5 Å². The number of hydrogen-bond donors (Lipinski definition) is 0. The maximum atomic E-state index is 12.5. The van der Waals surface area contributed by atoms with Crippen LogP contribution >= 0.6 is 0 Å². The fourth-order valence-corrected chi connectivity index (χ4v) is 4.61. The molecule has 0 aromatic carbocycles. The van der Waals surface area contributed by atoms with Crippen LogP contribution in [0.15, 0.2) is 12.4 Å². The van der Waals surface area contributed by atoms with E-state index in [1.807, 2.05) is 4.90 Å². The lowest BCUT2D eigenvalue weighted by molar-refractivity contribution is -0.155. The lowest BCUT2D eigenvalue weighted by Gasteiger charge is -2.59. The summed E-state index contributed by atoms with van der Waals surface area (Å²) in [5.74, 6) is 0.893. The van der Waals surface area contributed by atoms with Crippen LogP contribution in [0.5, 0.6) is 0 Å². The van der Waals surface area contributed by atoms with Gasteiger partial charge in [-0.25, -0.2) is 9.97 Å². The average Bonchev–Trinajstić information content (AvgIpc) is 2.98. The molecule has 1 aromatic heterocycles. The molecule has 2 saturated heterocycles. The molecule has 152 valence electrons. The third-order valence-corrected chi connectivity index (χ3v) is 6.05. The van der Waals surface area contributed by atoms with Crippen LogP contribution in [-0.4, -0.2) is 46.4 Å². The van der Waals surface area contributed by atoms with Crippen molar-refractivity contribution in [1.82, 2.24) is 14.9 Å². The first-order valence-corrected chi connectivity index (χ1v) is 9.54. The van der Waals surface area contributed by atoms with Gasteiger partial charge in [-0.05, 0) is 25.2 Å². The summed E-state index contributed by atoms with van der Waals surface area (Å²) in [4.78, 5) is 32.9. The van der Waals surface area contributed by atoms with E-state index in [2.05, 4.69) is 9.97 Å². The summed E-state index contributed by atoms with van der Waals surface area (Å²) < 4.78 is 42.5. The van der Waals surface area contributed by atoms with Gasteiger partial charge in [0.15, 0.2) is 0 Å². The van der Waals surface area contributed by atoms with E-state index in [-0.39, 0.29) is 23.2 Å². The first kappa shape index (κ1) is 19.1. The molecule has 3 heterocycles. The fourth-order valence-electron chi connectivity index (χ4n) is 4.61. The number of amides is 1. The first-order valence-electron chi connectivity index (χ1n) is 9.54. The molecule has 28 heavy (non-hydrogen) atoms. The van der Waals surface area contributed by atoms with Gasteiger partial charge < -0.3 is 9.64 Å².